The number of anilines is 1. The molecule has 2 heteroatoms. The van der Waals surface area contributed by atoms with Crippen molar-refractivity contribution in [2.75, 3.05) is 5.73 Å². The number of para-hydroxylation sites is 1. The van der Waals surface area contributed by atoms with Gasteiger partial charge in [-0.25, -0.2) is 0 Å². The van der Waals surface area contributed by atoms with Crippen LogP contribution in [0.25, 0.3) is 0 Å². The van der Waals surface area contributed by atoms with E-state index in [0.717, 1.165) is 12.1 Å². The van der Waals surface area contributed by atoms with Crippen molar-refractivity contribution >= 4 is 5.69 Å². The van der Waals surface area contributed by atoms with Gasteiger partial charge in [0.1, 0.15) is 0 Å². The zero-order valence-electron chi connectivity index (χ0n) is 8.33. The van der Waals surface area contributed by atoms with Gasteiger partial charge in [-0.1, -0.05) is 25.1 Å². The Hall–Kier alpha value is -1.02. The van der Waals surface area contributed by atoms with Gasteiger partial charge in [-0.15, -0.1) is 0 Å². The number of benzene rings is 1. The van der Waals surface area contributed by atoms with E-state index in [1.165, 1.54) is 5.56 Å². The monoisotopic (exact) mass is 178 g/mol. The second kappa shape index (κ2) is 4.28. The van der Waals surface area contributed by atoms with Gasteiger partial charge in [0.15, 0.2) is 0 Å². The lowest BCUT2D eigenvalue weighted by Gasteiger charge is -2.16. The minimum absolute atomic E-state index is 0.222. The van der Waals surface area contributed by atoms with Gasteiger partial charge in [-0.05, 0) is 30.9 Å². The summed E-state index contributed by atoms with van der Waals surface area (Å²) < 4.78 is 0. The maximum Gasteiger partial charge on any atom is 0.0346 e. The van der Waals surface area contributed by atoms with Crippen LogP contribution in [0.4, 0.5) is 5.69 Å². The molecule has 1 aromatic carbocycles. The van der Waals surface area contributed by atoms with Crippen LogP contribution in [-0.4, -0.2) is 6.04 Å². The van der Waals surface area contributed by atoms with Gasteiger partial charge in [0, 0.05) is 11.7 Å². The molecule has 0 aromatic heterocycles. The SMILES string of the molecule is CC(N)C(C)Cc1ccccc1N. The molecular weight excluding hydrogens is 160 g/mol. The lowest BCUT2D eigenvalue weighted by molar-refractivity contribution is 0.482. The fourth-order valence-electron chi connectivity index (χ4n) is 1.25. The maximum atomic E-state index is 5.83. The van der Waals surface area contributed by atoms with Crippen molar-refractivity contribution in [3.8, 4) is 0 Å². The van der Waals surface area contributed by atoms with E-state index in [0.29, 0.717) is 5.92 Å². The Morgan fingerprint density at radius 1 is 1.23 bits per heavy atom. The zero-order valence-corrected chi connectivity index (χ0v) is 8.33. The number of rotatable bonds is 3. The lowest BCUT2D eigenvalue weighted by atomic mass is 9.95. The Bertz CT molecular complexity index is 269. The van der Waals surface area contributed by atoms with Gasteiger partial charge >= 0.3 is 0 Å². The van der Waals surface area contributed by atoms with Crippen LogP contribution in [0.2, 0.25) is 0 Å². The molecular formula is C11H18N2. The molecule has 0 aliphatic heterocycles. The van der Waals surface area contributed by atoms with Gasteiger partial charge in [0.25, 0.3) is 0 Å². The Morgan fingerprint density at radius 2 is 1.85 bits per heavy atom. The third kappa shape index (κ3) is 2.74. The molecule has 0 saturated carbocycles. The smallest absolute Gasteiger partial charge is 0.0346 e. The summed E-state index contributed by atoms with van der Waals surface area (Å²) >= 11 is 0. The summed E-state index contributed by atoms with van der Waals surface area (Å²) in [5, 5.41) is 0. The van der Waals surface area contributed by atoms with Crippen molar-refractivity contribution in [2.24, 2.45) is 11.7 Å². The van der Waals surface area contributed by atoms with E-state index in [1.807, 2.05) is 25.1 Å². The largest absolute Gasteiger partial charge is 0.399 e. The highest BCUT2D eigenvalue weighted by Crippen LogP contribution is 2.16. The highest BCUT2D eigenvalue weighted by molar-refractivity contribution is 5.46. The molecule has 72 valence electrons. The molecule has 0 aliphatic carbocycles. The second-order valence-electron chi connectivity index (χ2n) is 3.74. The average molecular weight is 178 g/mol. The van der Waals surface area contributed by atoms with Gasteiger partial charge in [-0.3, -0.25) is 0 Å². The number of nitrogen functional groups attached to an aromatic ring is 1. The quantitative estimate of drug-likeness (QED) is 0.693. The van der Waals surface area contributed by atoms with E-state index in [4.69, 9.17) is 11.5 Å². The summed E-state index contributed by atoms with van der Waals surface area (Å²) in [4.78, 5) is 0. The molecule has 0 heterocycles. The maximum absolute atomic E-state index is 5.83. The molecule has 0 amide bonds. The van der Waals surface area contributed by atoms with Crippen LogP contribution in [-0.2, 0) is 6.42 Å². The minimum Gasteiger partial charge on any atom is -0.399 e. The molecule has 1 aromatic rings. The number of hydrogen-bond donors (Lipinski definition) is 2. The van der Waals surface area contributed by atoms with Gasteiger partial charge in [-0.2, -0.15) is 0 Å². The molecule has 13 heavy (non-hydrogen) atoms. The first-order valence-corrected chi connectivity index (χ1v) is 4.70. The summed E-state index contributed by atoms with van der Waals surface area (Å²) in [6.45, 7) is 4.18. The Balaban J connectivity index is 2.69. The average Bonchev–Trinajstić information content (AvgIpc) is 2.08. The summed E-state index contributed by atoms with van der Waals surface area (Å²) in [6.07, 6.45) is 0.963. The van der Waals surface area contributed by atoms with E-state index < -0.39 is 0 Å². The van der Waals surface area contributed by atoms with Gasteiger partial charge < -0.3 is 11.5 Å². The van der Waals surface area contributed by atoms with E-state index in [2.05, 4.69) is 13.0 Å². The molecule has 0 aliphatic rings. The van der Waals surface area contributed by atoms with E-state index in [9.17, 15) is 0 Å². The van der Waals surface area contributed by atoms with Gasteiger partial charge in [0.05, 0.1) is 0 Å². The van der Waals surface area contributed by atoms with E-state index in [1.54, 1.807) is 0 Å². The normalized spacial score (nSPS) is 15.3. The molecule has 0 spiro atoms. The molecule has 0 radical (unpaired) electrons. The Labute approximate surface area is 79.9 Å². The van der Waals surface area contributed by atoms with Crippen LogP contribution in [0.3, 0.4) is 0 Å². The molecule has 0 fully saturated rings. The molecule has 2 nitrogen and oxygen atoms in total. The van der Waals surface area contributed by atoms with Crippen LogP contribution >= 0.6 is 0 Å². The molecule has 2 atom stereocenters. The minimum atomic E-state index is 0.222. The van der Waals surface area contributed by atoms with Crippen molar-refractivity contribution in [3.05, 3.63) is 29.8 Å². The topological polar surface area (TPSA) is 52.0 Å². The highest BCUT2D eigenvalue weighted by atomic mass is 14.6. The van der Waals surface area contributed by atoms with E-state index in [-0.39, 0.29) is 6.04 Å². The first-order chi connectivity index (χ1) is 6.11. The van der Waals surface area contributed by atoms with Gasteiger partial charge in [0.2, 0.25) is 0 Å². The van der Waals surface area contributed by atoms with Crippen LogP contribution < -0.4 is 11.5 Å². The third-order valence-electron chi connectivity index (χ3n) is 2.49. The van der Waals surface area contributed by atoms with Crippen molar-refractivity contribution in [3.63, 3.8) is 0 Å². The second-order valence-corrected chi connectivity index (χ2v) is 3.74. The van der Waals surface area contributed by atoms with Crippen molar-refractivity contribution in [2.45, 2.75) is 26.3 Å². The molecule has 2 unspecified atom stereocenters. The third-order valence-corrected chi connectivity index (χ3v) is 2.49. The highest BCUT2D eigenvalue weighted by Gasteiger charge is 2.09. The zero-order chi connectivity index (χ0) is 9.84. The van der Waals surface area contributed by atoms with Crippen molar-refractivity contribution in [1.29, 1.82) is 0 Å². The van der Waals surface area contributed by atoms with Crippen molar-refractivity contribution < 1.29 is 0 Å². The Kier molecular flexibility index (Phi) is 3.32. The standard InChI is InChI=1S/C11H18N2/c1-8(9(2)12)7-10-5-3-4-6-11(10)13/h3-6,8-9H,7,12-13H2,1-2H3. The fourth-order valence-corrected chi connectivity index (χ4v) is 1.25. The summed E-state index contributed by atoms with van der Waals surface area (Å²) in [5.74, 6) is 0.477. The van der Waals surface area contributed by atoms with Crippen LogP contribution in [0.15, 0.2) is 24.3 Å². The fraction of sp³-hybridized carbons (Fsp3) is 0.455. The summed E-state index contributed by atoms with van der Waals surface area (Å²) in [7, 11) is 0. The molecule has 4 N–H and O–H groups in total. The first-order valence-electron chi connectivity index (χ1n) is 4.70. The number of hydrogen-bond acceptors (Lipinski definition) is 2. The predicted molar refractivity (Wildman–Crippen MR) is 57.4 cm³/mol. The summed E-state index contributed by atoms with van der Waals surface area (Å²) in [5.41, 5.74) is 13.7. The Morgan fingerprint density at radius 3 is 2.38 bits per heavy atom. The number of nitrogens with two attached hydrogens (primary N) is 2. The van der Waals surface area contributed by atoms with Crippen LogP contribution in [0.1, 0.15) is 19.4 Å². The molecule has 1 rings (SSSR count). The predicted octanol–water partition coefficient (Wildman–Crippen LogP) is 1.79. The van der Waals surface area contributed by atoms with Crippen molar-refractivity contribution in [1.82, 2.24) is 0 Å². The van der Waals surface area contributed by atoms with E-state index >= 15 is 0 Å². The lowest BCUT2D eigenvalue weighted by Crippen LogP contribution is -2.25. The van der Waals surface area contributed by atoms with Crippen LogP contribution in [0.5, 0.6) is 0 Å². The first kappa shape index (κ1) is 10.1. The molecule has 0 saturated heterocycles. The molecule has 0 bridgehead atoms. The summed E-state index contributed by atoms with van der Waals surface area (Å²) in [6, 6.07) is 8.19. The van der Waals surface area contributed by atoms with Crippen LogP contribution in [0, 0.1) is 5.92 Å².